The van der Waals surface area contributed by atoms with Crippen LogP contribution < -0.4 is 4.90 Å². The molecule has 142 valence electrons. The van der Waals surface area contributed by atoms with E-state index in [4.69, 9.17) is 4.74 Å². The van der Waals surface area contributed by atoms with Gasteiger partial charge in [0.2, 0.25) is 10.0 Å². The summed E-state index contributed by atoms with van der Waals surface area (Å²) in [4.78, 5) is 10.8. The predicted molar refractivity (Wildman–Crippen MR) is 96.8 cm³/mol. The predicted octanol–water partition coefficient (Wildman–Crippen LogP) is 0.372. The SMILES string of the molecule is Cc1nc2ncnn2c(N2CCC[C@H](S(=O)(=O)N3CCOCC3)C2)c1C. The molecule has 0 saturated carbocycles. The average Bonchev–Trinajstić information content (AvgIpc) is 3.11. The molecule has 2 aliphatic rings. The van der Waals surface area contributed by atoms with E-state index < -0.39 is 15.3 Å². The molecule has 0 unspecified atom stereocenters. The third kappa shape index (κ3) is 2.95. The van der Waals surface area contributed by atoms with Gasteiger partial charge in [-0.25, -0.2) is 13.4 Å². The standard InChI is InChI=1S/C16H24N6O3S/c1-12-13(2)19-16-17-11-18-22(16)15(12)20-5-3-4-14(10-20)26(23,24)21-6-8-25-9-7-21/h11,14H,3-10H2,1-2H3/t14-/m0/s1. The zero-order valence-corrected chi connectivity index (χ0v) is 15.9. The maximum Gasteiger partial charge on any atom is 0.254 e. The fourth-order valence-corrected chi connectivity index (χ4v) is 5.68. The number of hydrogen-bond acceptors (Lipinski definition) is 7. The molecule has 2 aliphatic heterocycles. The summed E-state index contributed by atoms with van der Waals surface area (Å²) < 4.78 is 34.8. The van der Waals surface area contributed by atoms with Crippen molar-refractivity contribution in [1.29, 1.82) is 0 Å². The Balaban J connectivity index is 1.65. The molecule has 1 atom stereocenters. The Morgan fingerprint density at radius 2 is 1.96 bits per heavy atom. The first-order valence-corrected chi connectivity index (χ1v) is 10.5. The van der Waals surface area contributed by atoms with Gasteiger partial charge >= 0.3 is 0 Å². The number of piperidine rings is 1. The summed E-state index contributed by atoms with van der Waals surface area (Å²) in [5.41, 5.74) is 1.89. The normalized spacial score (nSPS) is 22.8. The largest absolute Gasteiger partial charge is 0.379 e. The molecular weight excluding hydrogens is 356 g/mol. The second-order valence-corrected chi connectivity index (χ2v) is 9.10. The van der Waals surface area contributed by atoms with Crippen LogP contribution in [0, 0.1) is 13.8 Å². The van der Waals surface area contributed by atoms with Crippen molar-refractivity contribution < 1.29 is 13.2 Å². The maximum absolute atomic E-state index is 13.1. The highest BCUT2D eigenvalue weighted by atomic mass is 32.2. The molecule has 26 heavy (non-hydrogen) atoms. The zero-order chi connectivity index (χ0) is 18.3. The first-order valence-electron chi connectivity index (χ1n) is 8.97. The topological polar surface area (TPSA) is 92.9 Å². The maximum atomic E-state index is 13.1. The fourth-order valence-electron chi connectivity index (χ4n) is 3.77. The van der Waals surface area contributed by atoms with Gasteiger partial charge in [-0.2, -0.15) is 18.9 Å². The van der Waals surface area contributed by atoms with Crippen LogP contribution in [0.2, 0.25) is 0 Å². The van der Waals surface area contributed by atoms with Crippen LogP contribution in [-0.4, -0.2) is 76.9 Å². The summed E-state index contributed by atoms with van der Waals surface area (Å²) >= 11 is 0. The summed E-state index contributed by atoms with van der Waals surface area (Å²) in [5.74, 6) is 1.44. The molecular formula is C16H24N6O3S. The summed E-state index contributed by atoms with van der Waals surface area (Å²) in [7, 11) is -3.34. The van der Waals surface area contributed by atoms with Crippen molar-refractivity contribution in [2.75, 3.05) is 44.3 Å². The van der Waals surface area contributed by atoms with Gasteiger partial charge in [-0.3, -0.25) is 0 Å². The van der Waals surface area contributed by atoms with Crippen LogP contribution in [-0.2, 0) is 14.8 Å². The number of nitrogens with zero attached hydrogens (tertiary/aromatic N) is 6. The van der Waals surface area contributed by atoms with Gasteiger partial charge in [0.15, 0.2) is 0 Å². The van der Waals surface area contributed by atoms with E-state index in [1.54, 1.807) is 8.82 Å². The molecule has 0 amide bonds. The van der Waals surface area contributed by atoms with Crippen molar-refractivity contribution in [2.24, 2.45) is 0 Å². The summed E-state index contributed by atoms with van der Waals surface area (Å²) in [6.45, 7) is 7.03. The van der Waals surface area contributed by atoms with Gasteiger partial charge in [-0.15, -0.1) is 0 Å². The lowest BCUT2D eigenvalue weighted by Gasteiger charge is -2.37. The van der Waals surface area contributed by atoms with E-state index in [2.05, 4.69) is 20.0 Å². The molecule has 0 bridgehead atoms. The number of sulfonamides is 1. The highest BCUT2D eigenvalue weighted by Crippen LogP contribution is 2.28. The number of fused-ring (bicyclic) bond motifs is 1. The minimum absolute atomic E-state index is 0.416. The van der Waals surface area contributed by atoms with Crippen molar-refractivity contribution >= 4 is 21.6 Å². The number of rotatable bonds is 3. The molecule has 0 aromatic carbocycles. The second-order valence-electron chi connectivity index (χ2n) is 6.88. The zero-order valence-electron chi connectivity index (χ0n) is 15.1. The van der Waals surface area contributed by atoms with Gasteiger partial charge in [0.05, 0.1) is 18.5 Å². The summed E-state index contributed by atoms with van der Waals surface area (Å²) in [5, 5.41) is 3.88. The summed E-state index contributed by atoms with van der Waals surface area (Å²) in [6, 6.07) is 0. The van der Waals surface area contributed by atoms with Crippen molar-refractivity contribution in [3.8, 4) is 0 Å². The van der Waals surface area contributed by atoms with Crippen molar-refractivity contribution in [1.82, 2.24) is 23.9 Å². The Hall–Kier alpha value is -1.78. The van der Waals surface area contributed by atoms with E-state index in [9.17, 15) is 8.42 Å². The third-order valence-corrected chi connectivity index (χ3v) is 7.62. The summed E-state index contributed by atoms with van der Waals surface area (Å²) in [6.07, 6.45) is 2.99. The second kappa shape index (κ2) is 6.75. The Morgan fingerprint density at radius 3 is 2.73 bits per heavy atom. The van der Waals surface area contributed by atoms with Crippen LogP contribution in [0.5, 0.6) is 0 Å². The molecule has 10 heteroatoms. The van der Waals surface area contributed by atoms with Crippen LogP contribution in [0.25, 0.3) is 5.78 Å². The van der Waals surface area contributed by atoms with E-state index in [0.717, 1.165) is 30.0 Å². The average molecular weight is 380 g/mol. The molecule has 2 fully saturated rings. The Bertz CT molecular complexity index is 906. The van der Waals surface area contributed by atoms with Gasteiger partial charge in [0.25, 0.3) is 5.78 Å². The number of aromatic nitrogens is 4. The van der Waals surface area contributed by atoms with Crippen molar-refractivity contribution in [3.63, 3.8) is 0 Å². The molecule has 4 rings (SSSR count). The first-order chi connectivity index (χ1) is 12.5. The van der Waals surface area contributed by atoms with E-state index in [0.29, 0.717) is 45.0 Å². The Labute approximate surface area is 153 Å². The molecule has 0 radical (unpaired) electrons. The van der Waals surface area contributed by atoms with Crippen LogP contribution in [0.3, 0.4) is 0 Å². The molecule has 2 aromatic rings. The van der Waals surface area contributed by atoms with Gasteiger partial charge in [0, 0.05) is 37.4 Å². The van der Waals surface area contributed by atoms with Crippen molar-refractivity contribution in [3.05, 3.63) is 17.6 Å². The minimum atomic E-state index is -3.34. The number of morpholine rings is 1. The van der Waals surface area contributed by atoms with E-state index in [-0.39, 0.29) is 0 Å². The van der Waals surface area contributed by atoms with Gasteiger partial charge in [0.1, 0.15) is 12.1 Å². The number of aryl methyl sites for hydroxylation is 1. The highest BCUT2D eigenvalue weighted by molar-refractivity contribution is 7.89. The minimum Gasteiger partial charge on any atom is -0.379 e. The fraction of sp³-hybridized carbons (Fsp3) is 0.688. The van der Waals surface area contributed by atoms with E-state index in [1.165, 1.54) is 6.33 Å². The van der Waals surface area contributed by atoms with Crippen LogP contribution in [0.1, 0.15) is 24.1 Å². The van der Waals surface area contributed by atoms with Crippen LogP contribution in [0.4, 0.5) is 5.82 Å². The lowest BCUT2D eigenvalue weighted by molar-refractivity contribution is 0.0725. The Morgan fingerprint density at radius 1 is 1.19 bits per heavy atom. The van der Waals surface area contributed by atoms with Crippen LogP contribution in [0.15, 0.2) is 6.33 Å². The van der Waals surface area contributed by atoms with E-state index >= 15 is 0 Å². The lowest BCUT2D eigenvalue weighted by atomic mass is 10.1. The van der Waals surface area contributed by atoms with Gasteiger partial charge in [-0.1, -0.05) is 0 Å². The lowest BCUT2D eigenvalue weighted by Crippen LogP contribution is -2.51. The molecule has 2 aromatic heterocycles. The van der Waals surface area contributed by atoms with Gasteiger partial charge in [-0.05, 0) is 26.7 Å². The van der Waals surface area contributed by atoms with Crippen molar-refractivity contribution in [2.45, 2.75) is 31.9 Å². The number of hydrogen-bond donors (Lipinski definition) is 0. The molecule has 0 N–H and O–H groups in total. The monoisotopic (exact) mass is 380 g/mol. The molecule has 0 spiro atoms. The quantitative estimate of drug-likeness (QED) is 0.759. The van der Waals surface area contributed by atoms with E-state index in [1.807, 2.05) is 13.8 Å². The van der Waals surface area contributed by atoms with Crippen LogP contribution >= 0.6 is 0 Å². The molecule has 0 aliphatic carbocycles. The molecule has 2 saturated heterocycles. The number of ether oxygens (including phenoxy) is 1. The van der Waals surface area contributed by atoms with Gasteiger partial charge < -0.3 is 9.64 Å². The smallest absolute Gasteiger partial charge is 0.254 e. The third-order valence-electron chi connectivity index (χ3n) is 5.31. The Kier molecular flexibility index (Phi) is 4.57. The first kappa shape index (κ1) is 17.6. The highest BCUT2D eigenvalue weighted by Gasteiger charge is 2.37. The number of anilines is 1. The molecule has 4 heterocycles. The molecule has 9 nitrogen and oxygen atoms in total.